The number of halogens is 2. The summed E-state index contributed by atoms with van der Waals surface area (Å²) in [6.45, 7) is 1.25. The van der Waals surface area contributed by atoms with E-state index in [9.17, 15) is 4.79 Å². The molecular formula is C20H16Cl2N4OS. The van der Waals surface area contributed by atoms with Crippen LogP contribution in [0.1, 0.15) is 16.8 Å². The fraction of sp³-hybridized carbons (Fsp3) is 0.150. The standard InChI is InChI=1S/C20H16Cl2N4OS/c21-14-6-7-16(22)15(12-14)19(27)26(10-3-9-25-11-8-23-13-25)20-24-17-4-1-2-5-18(17)28-20/h1-2,4-8,11-13H,3,9-10H2. The van der Waals surface area contributed by atoms with Gasteiger partial charge in [0.05, 0.1) is 27.1 Å². The maximum absolute atomic E-state index is 13.3. The van der Waals surface area contributed by atoms with Gasteiger partial charge in [0.1, 0.15) is 0 Å². The first-order valence-electron chi connectivity index (χ1n) is 8.70. The number of carbonyl (C=O) groups excluding carboxylic acids is 1. The lowest BCUT2D eigenvalue weighted by atomic mass is 10.2. The Balaban J connectivity index is 1.65. The van der Waals surface area contributed by atoms with Gasteiger partial charge >= 0.3 is 0 Å². The maximum Gasteiger partial charge on any atom is 0.261 e. The number of aryl methyl sites for hydroxylation is 1. The number of aromatic nitrogens is 3. The van der Waals surface area contributed by atoms with E-state index in [-0.39, 0.29) is 5.91 Å². The number of benzene rings is 2. The summed E-state index contributed by atoms with van der Waals surface area (Å²) in [7, 11) is 0. The monoisotopic (exact) mass is 430 g/mol. The number of hydrogen-bond donors (Lipinski definition) is 0. The Morgan fingerprint density at radius 1 is 1.18 bits per heavy atom. The number of fused-ring (bicyclic) bond motifs is 1. The molecule has 0 aliphatic carbocycles. The number of anilines is 1. The molecule has 0 radical (unpaired) electrons. The molecule has 0 saturated heterocycles. The summed E-state index contributed by atoms with van der Waals surface area (Å²) >= 11 is 13.9. The van der Waals surface area contributed by atoms with Crippen LogP contribution in [0.4, 0.5) is 5.13 Å². The number of rotatable bonds is 6. The zero-order chi connectivity index (χ0) is 19.5. The van der Waals surface area contributed by atoms with Gasteiger partial charge < -0.3 is 4.57 Å². The molecule has 0 bridgehead atoms. The summed E-state index contributed by atoms with van der Waals surface area (Å²) in [5, 5.41) is 1.48. The fourth-order valence-corrected chi connectivity index (χ4v) is 4.26. The molecule has 4 aromatic rings. The van der Waals surface area contributed by atoms with Crippen molar-refractivity contribution < 1.29 is 4.79 Å². The van der Waals surface area contributed by atoms with E-state index < -0.39 is 0 Å². The molecule has 0 N–H and O–H groups in total. The lowest BCUT2D eigenvalue weighted by Crippen LogP contribution is -2.32. The average molecular weight is 431 g/mol. The van der Waals surface area contributed by atoms with Crippen LogP contribution in [0.3, 0.4) is 0 Å². The smallest absolute Gasteiger partial charge is 0.261 e. The van der Waals surface area contributed by atoms with Crippen molar-refractivity contribution in [3.05, 3.63) is 76.8 Å². The summed E-state index contributed by atoms with van der Waals surface area (Å²) in [5.74, 6) is -0.211. The Labute approximate surface area is 176 Å². The van der Waals surface area contributed by atoms with Crippen molar-refractivity contribution in [2.75, 3.05) is 11.4 Å². The third-order valence-electron chi connectivity index (χ3n) is 4.27. The van der Waals surface area contributed by atoms with Gasteiger partial charge in [-0.25, -0.2) is 9.97 Å². The number of amides is 1. The number of hydrogen-bond acceptors (Lipinski definition) is 4. The molecule has 28 heavy (non-hydrogen) atoms. The predicted octanol–water partition coefficient (Wildman–Crippen LogP) is 5.54. The Morgan fingerprint density at radius 3 is 2.82 bits per heavy atom. The number of carbonyl (C=O) groups is 1. The average Bonchev–Trinajstić information content (AvgIpc) is 3.36. The van der Waals surface area contributed by atoms with Gasteiger partial charge in [-0.05, 0) is 36.8 Å². The molecule has 5 nitrogen and oxygen atoms in total. The summed E-state index contributed by atoms with van der Waals surface area (Å²) in [6, 6.07) is 12.7. The molecule has 4 rings (SSSR count). The highest BCUT2D eigenvalue weighted by molar-refractivity contribution is 7.22. The van der Waals surface area contributed by atoms with Crippen LogP contribution in [0.25, 0.3) is 10.2 Å². The van der Waals surface area contributed by atoms with Crippen LogP contribution >= 0.6 is 34.5 Å². The van der Waals surface area contributed by atoms with Gasteiger partial charge in [0.2, 0.25) is 0 Å². The van der Waals surface area contributed by atoms with E-state index >= 15 is 0 Å². The van der Waals surface area contributed by atoms with Crippen LogP contribution in [-0.4, -0.2) is 27.0 Å². The largest absolute Gasteiger partial charge is 0.337 e. The minimum atomic E-state index is -0.211. The van der Waals surface area contributed by atoms with Crippen molar-refractivity contribution >= 4 is 55.8 Å². The molecule has 2 aromatic carbocycles. The number of nitrogens with zero attached hydrogens (tertiary/aromatic N) is 4. The van der Waals surface area contributed by atoms with Crippen molar-refractivity contribution in [2.45, 2.75) is 13.0 Å². The van der Waals surface area contributed by atoms with Crippen molar-refractivity contribution in [1.29, 1.82) is 0 Å². The SMILES string of the molecule is O=C(c1cc(Cl)ccc1Cl)N(CCCn1ccnc1)c1nc2ccccc2s1. The second-order valence-electron chi connectivity index (χ2n) is 6.20. The van der Waals surface area contributed by atoms with Crippen molar-refractivity contribution in [1.82, 2.24) is 14.5 Å². The topological polar surface area (TPSA) is 51.0 Å². The zero-order valence-electron chi connectivity index (χ0n) is 14.8. The van der Waals surface area contributed by atoms with Crippen LogP contribution in [0, 0.1) is 0 Å². The fourth-order valence-electron chi connectivity index (χ4n) is 2.90. The Kier molecular flexibility index (Phi) is 5.62. The van der Waals surface area contributed by atoms with E-state index in [1.807, 2.05) is 35.0 Å². The molecule has 142 valence electrons. The molecule has 0 aliphatic rings. The van der Waals surface area contributed by atoms with Crippen molar-refractivity contribution in [2.24, 2.45) is 0 Å². The molecule has 8 heteroatoms. The molecule has 2 aromatic heterocycles. The molecule has 0 unspecified atom stereocenters. The van der Waals surface area contributed by atoms with Gasteiger partial charge in [0.15, 0.2) is 5.13 Å². The van der Waals surface area contributed by atoms with Crippen molar-refractivity contribution in [3.8, 4) is 0 Å². The van der Waals surface area contributed by atoms with Crippen LogP contribution in [0.5, 0.6) is 0 Å². The second kappa shape index (κ2) is 8.31. The highest BCUT2D eigenvalue weighted by Gasteiger charge is 2.23. The molecule has 2 heterocycles. The van der Waals surface area contributed by atoms with E-state index in [1.165, 1.54) is 11.3 Å². The van der Waals surface area contributed by atoms with E-state index in [0.29, 0.717) is 27.3 Å². The van der Waals surface area contributed by atoms with Crippen molar-refractivity contribution in [3.63, 3.8) is 0 Å². The third-order valence-corrected chi connectivity index (χ3v) is 5.90. The highest BCUT2D eigenvalue weighted by Crippen LogP contribution is 2.31. The van der Waals surface area contributed by atoms with Gasteiger partial charge in [-0.1, -0.05) is 46.7 Å². The first-order chi connectivity index (χ1) is 13.6. The normalized spacial score (nSPS) is 11.1. The molecule has 0 spiro atoms. The lowest BCUT2D eigenvalue weighted by molar-refractivity contribution is 0.0986. The first-order valence-corrected chi connectivity index (χ1v) is 10.3. The Hall–Kier alpha value is -2.41. The van der Waals surface area contributed by atoms with Crippen LogP contribution < -0.4 is 4.90 Å². The Bertz CT molecular complexity index is 1080. The first kappa shape index (κ1) is 18.9. The van der Waals surface area contributed by atoms with E-state index in [1.54, 1.807) is 35.6 Å². The Morgan fingerprint density at radius 2 is 2.04 bits per heavy atom. The number of imidazole rings is 1. The van der Waals surface area contributed by atoms with Crippen LogP contribution in [0.15, 0.2) is 61.2 Å². The molecule has 0 saturated carbocycles. The maximum atomic E-state index is 13.3. The van der Waals surface area contributed by atoms with Gasteiger partial charge in [-0.3, -0.25) is 9.69 Å². The second-order valence-corrected chi connectivity index (χ2v) is 8.05. The van der Waals surface area contributed by atoms with Gasteiger partial charge in [0.25, 0.3) is 5.91 Å². The van der Waals surface area contributed by atoms with E-state index in [4.69, 9.17) is 23.2 Å². The highest BCUT2D eigenvalue weighted by atomic mass is 35.5. The summed E-state index contributed by atoms with van der Waals surface area (Å²) in [6.07, 6.45) is 6.15. The van der Waals surface area contributed by atoms with Gasteiger partial charge in [-0.15, -0.1) is 0 Å². The quantitative estimate of drug-likeness (QED) is 0.403. The molecule has 0 fully saturated rings. The predicted molar refractivity (Wildman–Crippen MR) is 115 cm³/mol. The van der Waals surface area contributed by atoms with E-state index in [0.717, 1.165) is 23.2 Å². The van der Waals surface area contributed by atoms with Crippen LogP contribution in [0.2, 0.25) is 10.0 Å². The third kappa shape index (κ3) is 4.04. The summed E-state index contributed by atoms with van der Waals surface area (Å²) in [4.78, 5) is 23.7. The molecule has 1 amide bonds. The number of thiazole rings is 1. The minimum Gasteiger partial charge on any atom is -0.337 e. The van der Waals surface area contributed by atoms with Gasteiger partial charge in [-0.2, -0.15) is 0 Å². The molecular weight excluding hydrogens is 415 g/mol. The molecule has 0 aliphatic heterocycles. The zero-order valence-corrected chi connectivity index (χ0v) is 17.1. The van der Waals surface area contributed by atoms with Gasteiger partial charge in [0, 0.05) is 30.5 Å². The number of para-hydroxylation sites is 1. The summed E-state index contributed by atoms with van der Waals surface area (Å²) in [5.41, 5.74) is 1.24. The lowest BCUT2D eigenvalue weighted by Gasteiger charge is -2.20. The summed E-state index contributed by atoms with van der Waals surface area (Å²) < 4.78 is 3.01. The van der Waals surface area contributed by atoms with Crippen LogP contribution in [-0.2, 0) is 6.54 Å². The molecule has 0 atom stereocenters. The van der Waals surface area contributed by atoms with E-state index in [2.05, 4.69) is 9.97 Å². The minimum absolute atomic E-state index is 0.211.